The van der Waals surface area contributed by atoms with Crippen LogP contribution in [0, 0.1) is 5.92 Å². The molecule has 0 amide bonds. The number of carboxylic acids is 1. The fraction of sp³-hybridized carbons (Fsp3) is 0.692. The van der Waals surface area contributed by atoms with E-state index in [4.69, 9.17) is 9.26 Å². The van der Waals surface area contributed by atoms with Gasteiger partial charge in [0.15, 0.2) is 5.76 Å². The van der Waals surface area contributed by atoms with Crippen LogP contribution < -0.4 is 0 Å². The van der Waals surface area contributed by atoms with Crippen molar-refractivity contribution in [1.82, 2.24) is 10.1 Å². The SMILES string of the molecule is COCc1cc(CN2CCCC(C)C2C(=O)O)no1. The highest BCUT2D eigenvalue weighted by atomic mass is 16.5. The van der Waals surface area contributed by atoms with Crippen LogP contribution in [0.25, 0.3) is 0 Å². The lowest BCUT2D eigenvalue weighted by molar-refractivity contribution is -0.147. The molecule has 2 heterocycles. The average molecular weight is 268 g/mol. The van der Waals surface area contributed by atoms with Crippen LogP contribution in [0.15, 0.2) is 10.6 Å². The lowest BCUT2D eigenvalue weighted by Gasteiger charge is -2.36. The lowest BCUT2D eigenvalue weighted by atomic mass is 9.90. The summed E-state index contributed by atoms with van der Waals surface area (Å²) >= 11 is 0. The second-order valence-electron chi connectivity index (χ2n) is 5.09. The Hall–Kier alpha value is -1.40. The zero-order valence-electron chi connectivity index (χ0n) is 11.3. The molecular formula is C13H20N2O4. The quantitative estimate of drug-likeness (QED) is 0.872. The predicted molar refractivity (Wildman–Crippen MR) is 67.4 cm³/mol. The van der Waals surface area contributed by atoms with Crippen molar-refractivity contribution in [3.8, 4) is 0 Å². The molecule has 0 aliphatic carbocycles. The van der Waals surface area contributed by atoms with Crippen molar-refractivity contribution < 1.29 is 19.2 Å². The monoisotopic (exact) mass is 268 g/mol. The maximum absolute atomic E-state index is 11.4. The maximum atomic E-state index is 11.4. The molecule has 2 rings (SSSR count). The summed E-state index contributed by atoms with van der Waals surface area (Å²) in [5.74, 6) is 0.0684. The van der Waals surface area contributed by atoms with Gasteiger partial charge in [-0.3, -0.25) is 9.69 Å². The molecule has 1 fully saturated rings. The van der Waals surface area contributed by atoms with Crippen LogP contribution in [0.3, 0.4) is 0 Å². The fourth-order valence-corrected chi connectivity index (χ4v) is 2.70. The minimum Gasteiger partial charge on any atom is -0.480 e. The van der Waals surface area contributed by atoms with Crippen molar-refractivity contribution >= 4 is 5.97 Å². The number of ether oxygens (including phenoxy) is 1. The van der Waals surface area contributed by atoms with Gasteiger partial charge in [0.25, 0.3) is 0 Å². The number of aromatic nitrogens is 1. The van der Waals surface area contributed by atoms with Crippen LogP contribution in [-0.4, -0.2) is 40.8 Å². The molecule has 0 spiro atoms. The molecule has 1 aliphatic rings. The van der Waals surface area contributed by atoms with E-state index in [0.29, 0.717) is 18.9 Å². The molecule has 1 aromatic rings. The molecule has 6 nitrogen and oxygen atoms in total. The Morgan fingerprint density at radius 2 is 2.47 bits per heavy atom. The highest BCUT2D eigenvalue weighted by Gasteiger charge is 2.34. The summed E-state index contributed by atoms with van der Waals surface area (Å²) in [6.45, 7) is 3.66. The number of nitrogens with zero attached hydrogens (tertiary/aromatic N) is 2. The van der Waals surface area contributed by atoms with E-state index in [1.54, 1.807) is 7.11 Å². The number of rotatable bonds is 5. The molecule has 106 valence electrons. The van der Waals surface area contributed by atoms with Crippen LogP contribution in [0.5, 0.6) is 0 Å². The average Bonchev–Trinajstić information content (AvgIpc) is 2.76. The predicted octanol–water partition coefficient (Wildman–Crippen LogP) is 1.51. The number of aliphatic carboxylic acids is 1. The second-order valence-corrected chi connectivity index (χ2v) is 5.09. The Balaban J connectivity index is 2.04. The third-order valence-corrected chi connectivity index (χ3v) is 3.55. The normalized spacial score (nSPS) is 24.5. The second kappa shape index (κ2) is 6.16. The molecular weight excluding hydrogens is 248 g/mol. The summed E-state index contributed by atoms with van der Waals surface area (Å²) < 4.78 is 10.1. The lowest BCUT2D eigenvalue weighted by Crippen LogP contribution is -2.48. The number of carbonyl (C=O) groups is 1. The Kier molecular flexibility index (Phi) is 4.55. The molecule has 0 aromatic carbocycles. The van der Waals surface area contributed by atoms with Gasteiger partial charge >= 0.3 is 5.97 Å². The third-order valence-electron chi connectivity index (χ3n) is 3.55. The number of carboxylic acid groups (broad SMARTS) is 1. The third kappa shape index (κ3) is 3.33. The molecule has 19 heavy (non-hydrogen) atoms. The van der Waals surface area contributed by atoms with Crippen LogP contribution in [0.1, 0.15) is 31.2 Å². The number of methoxy groups -OCH3 is 1. The van der Waals surface area contributed by atoms with Gasteiger partial charge in [0.05, 0.1) is 5.69 Å². The van der Waals surface area contributed by atoms with Crippen molar-refractivity contribution in [2.45, 2.75) is 39.0 Å². The van der Waals surface area contributed by atoms with E-state index in [1.165, 1.54) is 0 Å². The van der Waals surface area contributed by atoms with Crippen LogP contribution in [-0.2, 0) is 22.7 Å². The highest BCUT2D eigenvalue weighted by molar-refractivity contribution is 5.74. The molecule has 1 aliphatic heterocycles. The summed E-state index contributed by atoms with van der Waals surface area (Å²) in [7, 11) is 1.59. The smallest absolute Gasteiger partial charge is 0.321 e. The zero-order chi connectivity index (χ0) is 13.8. The van der Waals surface area contributed by atoms with Crippen LogP contribution in [0.4, 0.5) is 0 Å². The largest absolute Gasteiger partial charge is 0.480 e. The highest BCUT2D eigenvalue weighted by Crippen LogP contribution is 2.25. The summed E-state index contributed by atoms with van der Waals surface area (Å²) in [6, 6.07) is 1.39. The van der Waals surface area contributed by atoms with E-state index in [9.17, 15) is 9.90 Å². The van der Waals surface area contributed by atoms with E-state index in [0.717, 1.165) is 25.1 Å². The first-order valence-electron chi connectivity index (χ1n) is 6.52. The molecule has 2 atom stereocenters. The van der Waals surface area contributed by atoms with Gasteiger partial charge < -0.3 is 14.4 Å². The molecule has 0 saturated carbocycles. The van der Waals surface area contributed by atoms with Crippen LogP contribution >= 0.6 is 0 Å². The van der Waals surface area contributed by atoms with Crippen molar-refractivity contribution in [3.05, 3.63) is 17.5 Å². The van der Waals surface area contributed by atoms with Gasteiger partial charge in [0, 0.05) is 19.7 Å². The molecule has 6 heteroatoms. The zero-order valence-corrected chi connectivity index (χ0v) is 11.3. The first-order valence-corrected chi connectivity index (χ1v) is 6.52. The van der Waals surface area contributed by atoms with E-state index < -0.39 is 12.0 Å². The number of likely N-dealkylation sites (tertiary alicyclic amines) is 1. The summed E-state index contributed by atoms with van der Waals surface area (Å²) in [5, 5.41) is 13.3. The standard InChI is InChI=1S/C13H20N2O4/c1-9-4-3-5-15(12(9)13(16)17)7-10-6-11(8-18-2)19-14-10/h6,9,12H,3-5,7-8H2,1-2H3,(H,16,17). The Bertz CT molecular complexity index is 432. The van der Waals surface area contributed by atoms with Gasteiger partial charge in [0.1, 0.15) is 12.6 Å². The number of piperidine rings is 1. The van der Waals surface area contributed by atoms with Crippen molar-refractivity contribution in [3.63, 3.8) is 0 Å². The van der Waals surface area contributed by atoms with Gasteiger partial charge in [-0.15, -0.1) is 0 Å². The molecule has 0 radical (unpaired) electrons. The van der Waals surface area contributed by atoms with E-state index in [-0.39, 0.29) is 5.92 Å². The topological polar surface area (TPSA) is 75.8 Å². The first kappa shape index (κ1) is 14.0. The fourth-order valence-electron chi connectivity index (χ4n) is 2.70. The van der Waals surface area contributed by atoms with Crippen molar-refractivity contribution in [2.75, 3.05) is 13.7 Å². The Morgan fingerprint density at radius 3 is 3.16 bits per heavy atom. The molecule has 1 aromatic heterocycles. The Morgan fingerprint density at radius 1 is 1.68 bits per heavy atom. The van der Waals surface area contributed by atoms with Gasteiger partial charge in [-0.1, -0.05) is 12.1 Å². The van der Waals surface area contributed by atoms with Gasteiger partial charge in [-0.05, 0) is 25.3 Å². The molecule has 1 saturated heterocycles. The maximum Gasteiger partial charge on any atom is 0.321 e. The van der Waals surface area contributed by atoms with Gasteiger partial charge in [-0.2, -0.15) is 0 Å². The minimum absolute atomic E-state index is 0.164. The first-order chi connectivity index (χ1) is 9.11. The summed E-state index contributed by atoms with van der Waals surface area (Å²) in [5.41, 5.74) is 0.757. The Labute approximate surface area is 112 Å². The van der Waals surface area contributed by atoms with E-state index in [1.807, 2.05) is 17.9 Å². The summed E-state index contributed by atoms with van der Waals surface area (Å²) in [4.78, 5) is 13.3. The minimum atomic E-state index is -0.757. The van der Waals surface area contributed by atoms with Crippen LogP contribution in [0.2, 0.25) is 0 Å². The van der Waals surface area contributed by atoms with E-state index in [2.05, 4.69) is 5.16 Å². The van der Waals surface area contributed by atoms with Gasteiger partial charge in [-0.25, -0.2) is 0 Å². The number of hydrogen-bond donors (Lipinski definition) is 1. The van der Waals surface area contributed by atoms with Crippen molar-refractivity contribution in [2.24, 2.45) is 5.92 Å². The summed E-state index contributed by atoms with van der Waals surface area (Å²) in [6.07, 6.45) is 1.98. The molecule has 0 bridgehead atoms. The van der Waals surface area contributed by atoms with E-state index >= 15 is 0 Å². The van der Waals surface area contributed by atoms with Gasteiger partial charge in [0.2, 0.25) is 0 Å². The molecule has 1 N–H and O–H groups in total. The molecule has 2 unspecified atom stereocenters. The van der Waals surface area contributed by atoms with Crippen molar-refractivity contribution in [1.29, 1.82) is 0 Å². The number of hydrogen-bond acceptors (Lipinski definition) is 5.